The van der Waals surface area contributed by atoms with E-state index in [4.69, 9.17) is 0 Å². The third-order valence-corrected chi connectivity index (χ3v) is 3.56. The summed E-state index contributed by atoms with van der Waals surface area (Å²) in [6.07, 6.45) is 0. The van der Waals surface area contributed by atoms with Gasteiger partial charge in [0.1, 0.15) is 5.82 Å². The second-order valence-corrected chi connectivity index (χ2v) is 5.08. The summed E-state index contributed by atoms with van der Waals surface area (Å²) in [4.78, 5) is 11.8. The SMILES string of the molecule is CNc1nnc(C(=O)Nc2ccc(F)c(Br)c2)s1. The van der Waals surface area contributed by atoms with Crippen LogP contribution in [0.15, 0.2) is 22.7 Å². The highest BCUT2D eigenvalue weighted by Crippen LogP contribution is 2.21. The van der Waals surface area contributed by atoms with E-state index < -0.39 is 0 Å². The maximum Gasteiger partial charge on any atom is 0.286 e. The van der Waals surface area contributed by atoms with E-state index in [-0.39, 0.29) is 21.2 Å². The van der Waals surface area contributed by atoms with Gasteiger partial charge in [0.25, 0.3) is 5.91 Å². The Balaban J connectivity index is 2.13. The molecule has 0 bridgehead atoms. The van der Waals surface area contributed by atoms with E-state index >= 15 is 0 Å². The summed E-state index contributed by atoms with van der Waals surface area (Å²) < 4.78 is 13.3. The van der Waals surface area contributed by atoms with E-state index in [1.165, 1.54) is 18.2 Å². The third-order valence-electron chi connectivity index (χ3n) is 2.01. The maximum absolute atomic E-state index is 13.0. The van der Waals surface area contributed by atoms with Crippen LogP contribution in [0.2, 0.25) is 0 Å². The highest BCUT2D eigenvalue weighted by molar-refractivity contribution is 9.10. The third kappa shape index (κ3) is 2.82. The molecule has 0 spiro atoms. The summed E-state index contributed by atoms with van der Waals surface area (Å²) in [5, 5.41) is 13.7. The molecule has 2 N–H and O–H groups in total. The predicted octanol–water partition coefficient (Wildman–Crippen LogP) is 2.73. The van der Waals surface area contributed by atoms with Crippen molar-refractivity contribution >= 4 is 44.0 Å². The van der Waals surface area contributed by atoms with Gasteiger partial charge in [-0.25, -0.2) is 4.39 Å². The summed E-state index contributed by atoms with van der Waals surface area (Å²) in [5.41, 5.74) is 0.481. The largest absolute Gasteiger partial charge is 0.363 e. The standard InChI is InChI=1S/C10H8BrFN4OS/c1-13-10-16-15-9(18-10)8(17)14-5-2-3-7(12)6(11)4-5/h2-4H,1H3,(H,13,16)(H,14,17). The van der Waals surface area contributed by atoms with Crippen LogP contribution in [-0.4, -0.2) is 23.2 Å². The van der Waals surface area contributed by atoms with E-state index in [9.17, 15) is 9.18 Å². The maximum atomic E-state index is 13.0. The van der Waals surface area contributed by atoms with Gasteiger partial charge in [-0.15, -0.1) is 10.2 Å². The monoisotopic (exact) mass is 330 g/mol. The van der Waals surface area contributed by atoms with Crippen molar-refractivity contribution in [2.24, 2.45) is 0 Å². The molecule has 94 valence electrons. The molecule has 18 heavy (non-hydrogen) atoms. The van der Waals surface area contributed by atoms with Crippen molar-refractivity contribution in [3.05, 3.63) is 33.5 Å². The van der Waals surface area contributed by atoms with Crippen molar-refractivity contribution < 1.29 is 9.18 Å². The number of rotatable bonds is 3. The Morgan fingerprint density at radius 3 is 2.83 bits per heavy atom. The smallest absolute Gasteiger partial charge is 0.286 e. The number of nitrogens with one attached hydrogen (secondary N) is 2. The zero-order valence-corrected chi connectivity index (χ0v) is 11.6. The highest BCUT2D eigenvalue weighted by Gasteiger charge is 2.13. The van der Waals surface area contributed by atoms with Crippen LogP contribution in [0.25, 0.3) is 0 Å². The molecule has 2 rings (SSSR count). The van der Waals surface area contributed by atoms with Crippen molar-refractivity contribution in [1.82, 2.24) is 10.2 Å². The lowest BCUT2D eigenvalue weighted by atomic mass is 10.3. The van der Waals surface area contributed by atoms with E-state index in [1.807, 2.05) is 0 Å². The summed E-state index contributed by atoms with van der Waals surface area (Å²) in [7, 11) is 1.69. The average Bonchev–Trinajstić information content (AvgIpc) is 2.82. The molecular formula is C10H8BrFN4OS. The minimum Gasteiger partial charge on any atom is -0.363 e. The van der Waals surface area contributed by atoms with Gasteiger partial charge in [-0.1, -0.05) is 11.3 Å². The number of carbonyl (C=O) groups is 1. The zero-order valence-electron chi connectivity index (χ0n) is 9.20. The Labute approximate surface area is 115 Å². The van der Waals surface area contributed by atoms with Crippen LogP contribution in [0.5, 0.6) is 0 Å². The quantitative estimate of drug-likeness (QED) is 0.908. The fourth-order valence-electron chi connectivity index (χ4n) is 1.17. The summed E-state index contributed by atoms with van der Waals surface area (Å²) in [5.74, 6) is -0.770. The summed E-state index contributed by atoms with van der Waals surface area (Å²) in [6, 6.07) is 4.21. The number of halogens is 2. The topological polar surface area (TPSA) is 66.9 Å². The van der Waals surface area contributed by atoms with Crippen LogP contribution in [-0.2, 0) is 0 Å². The van der Waals surface area contributed by atoms with Crippen LogP contribution in [0.1, 0.15) is 9.80 Å². The first-order valence-electron chi connectivity index (χ1n) is 4.88. The first-order chi connectivity index (χ1) is 8.60. The molecule has 0 saturated carbocycles. The van der Waals surface area contributed by atoms with Gasteiger partial charge in [-0.05, 0) is 34.1 Å². The molecule has 2 aromatic rings. The molecular weight excluding hydrogens is 323 g/mol. The normalized spacial score (nSPS) is 10.2. The predicted molar refractivity (Wildman–Crippen MR) is 71.5 cm³/mol. The fourth-order valence-corrected chi connectivity index (χ4v) is 2.15. The van der Waals surface area contributed by atoms with Gasteiger partial charge in [0.2, 0.25) is 10.1 Å². The van der Waals surface area contributed by atoms with Gasteiger partial charge in [-0.2, -0.15) is 0 Å². The molecule has 5 nitrogen and oxygen atoms in total. The number of anilines is 2. The minimum absolute atomic E-state index is 0.236. The zero-order chi connectivity index (χ0) is 13.1. The fraction of sp³-hybridized carbons (Fsp3) is 0.100. The number of amides is 1. The lowest BCUT2D eigenvalue weighted by Gasteiger charge is -2.03. The van der Waals surface area contributed by atoms with Gasteiger partial charge in [-0.3, -0.25) is 4.79 Å². The van der Waals surface area contributed by atoms with Crippen molar-refractivity contribution in [2.75, 3.05) is 17.7 Å². The Kier molecular flexibility index (Phi) is 3.87. The molecule has 0 aliphatic carbocycles. The van der Waals surface area contributed by atoms with Crippen molar-refractivity contribution in [3.8, 4) is 0 Å². The van der Waals surface area contributed by atoms with Gasteiger partial charge in [0.15, 0.2) is 0 Å². The number of carbonyl (C=O) groups excluding carboxylic acids is 1. The van der Waals surface area contributed by atoms with Gasteiger partial charge in [0, 0.05) is 12.7 Å². The van der Waals surface area contributed by atoms with E-state index in [2.05, 4.69) is 36.8 Å². The Morgan fingerprint density at radius 2 is 2.22 bits per heavy atom. The average molecular weight is 331 g/mol. The van der Waals surface area contributed by atoms with Crippen LogP contribution < -0.4 is 10.6 Å². The van der Waals surface area contributed by atoms with Gasteiger partial charge >= 0.3 is 0 Å². The minimum atomic E-state index is -0.388. The van der Waals surface area contributed by atoms with Crippen molar-refractivity contribution in [2.45, 2.75) is 0 Å². The molecule has 0 saturated heterocycles. The lowest BCUT2D eigenvalue weighted by molar-refractivity contribution is 0.102. The van der Waals surface area contributed by atoms with Crippen LogP contribution in [0, 0.1) is 5.82 Å². The molecule has 0 aliphatic heterocycles. The molecule has 1 heterocycles. The number of hydrogen-bond donors (Lipinski definition) is 2. The van der Waals surface area contributed by atoms with Gasteiger partial charge < -0.3 is 10.6 Å². The molecule has 0 atom stereocenters. The molecule has 0 fully saturated rings. The van der Waals surface area contributed by atoms with Crippen LogP contribution in [0.3, 0.4) is 0 Å². The van der Waals surface area contributed by atoms with Crippen LogP contribution in [0.4, 0.5) is 15.2 Å². The summed E-state index contributed by atoms with van der Waals surface area (Å²) >= 11 is 4.18. The number of benzene rings is 1. The number of aromatic nitrogens is 2. The van der Waals surface area contributed by atoms with Crippen LogP contribution >= 0.6 is 27.3 Å². The molecule has 8 heteroatoms. The van der Waals surface area contributed by atoms with Crippen molar-refractivity contribution in [1.29, 1.82) is 0 Å². The molecule has 0 aliphatic rings. The first-order valence-corrected chi connectivity index (χ1v) is 6.49. The Hall–Kier alpha value is -1.54. The van der Waals surface area contributed by atoms with Crippen molar-refractivity contribution in [3.63, 3.8) is 0 Å². The van der Waals surface area contributed by atoms with E-state index in [0.717, 1.165) is 11.3 Å². The summed E-state index contributed by atoms with van der Waals surface area (Å²) in [6.45, 7) is 0. The van der Waals surface area contributed by atoms with E-state index in [1.54, 1.807) is 7.05 Å². The van der Waals surface area contributed by atoms with Gasteiger partial charge in [0.05, 0.1) is 4.47 Å². The first kappa shape index (κ1) is 12.9. The number of hydrogen-bond acceptors (Lipinski definition) is 5. The molecule has 1 amide bonds. The Morgan fingerprint density at radius 1 is 1.44 bits per heavy atom. The molecule has 1 aromatic carbocycles. The van der Waals surface area contributed by atoms with E-state index in [0.29, 0.717) is 10.8 Å². The Bertz CT molecular complexity index is 589. The molecule has 1 aromatic heterocycles. The second-order valence-electron chi connectivity index (χ2n) is 3.25. The molecule has 0 radical (unpaired) electrons. The highest BCUT2D eigenvalue weighted by atomic mass is 79.9. The number of nitrogens with zero attached hydrogens (tertiary/aromatic N) is 2. The lowest BCUT2D eigenvalue weighted by Crippen LogP contribution is -2.11. The second kappa shape index (κ2) is 5.40. The molecule has 0 unspecified atom stereocenters.